The molecule has 0 spiro atoms. The Hall–Kier alpha value is -1.90. The van der Waals surface area contributed by atoms with Gasteiger partial charge in [0, 0.05) is 31.3 Å². The Morgan fingerprint density at radius 1 is 1.32 bits per heavy atom. The summed E-state index contributed by atoms with van der Waals surface area (Å²) in [6.45, 7) is 5.08. The minimum absolute atomic E-state index is 0.153. The van der Waals surface area contributed by atoms with Gasteiger partial charge in [0.2, 0.25) is 5.28 Å². The molecule has 1 fully saturated rings. The third-order valence-corrected chi connectivity index (χ3v) is 5.43. The van der Waals surface area contributed by atoms with Crippen molar-refractivity contribution in [3.8, 4) is 0 Å². The molecule has 2 heterocycles. The zero-order chi connectivity index (χ0) is 20.1. The first-order valence-corrected chi connectivity index (χ1v) is 10.1. The lowest BCUT2D eigenvalue weighted by molar-refractivity contribution is -0.145. The average molecular weight is 411 g/mol. The van der Waals surface area contributed by atoms with E-state index in [1.807, 2.05) is 19.9 Å². The van der Waals surface area contributed by atoms with Gasteiger partial charge in [-0.25, -0.2) is 9.78 Å². The zero-order valence-electron chi connectivity index (χ0n) is 16.3. The van der Waals surface area contributed by atoms with Gasteiger partial charge in [-0.3, -0.25) is 0 Å². The Morgan fingerprint density at radius 2 is 2.00 bits per heavy atom. The van der Waals surface area contributed by atoms with Crippen molar-refractivity contribution < 1.29 is 19.4 Å². The zero-order valence-corrected chi connectivity index (χ0v) is 17.0. The first kappa shape index (κ1) is 20.8. The number of nitrogens with zero attached hydrogens (tertiary/aromatic N) is 3. The summed E-state index contributed by atoms with van der Waals surface area (Å²) in [7, 11) is 0. The molecule has 154 valence electrons. The van der Waals surface area contributed by atoms with Crippen molar-refractivity contribution in [3.05, 3.63) is 23.2 Å². The molecular formula is C19H27ClN4O4. The van der Waals surface area contributed by atoms with Gasteiger partial charge in [-0.15, -0.1) is 0 Å². The molecule has 1 saturated carbocycles. The molecule has 0 aliphatic heterocycles. The molecule has 0 radical (unpaired) electrons. The van der Waals surface area contributed by atoms with Crippen LogP contribution in [0.15, 0.2) is 12.3 Å². The summed E-state index contributed by atoms with van der Waals surface area (Å²) in [4.78, 5) is 19.9. The van der Waals surface area contributed by atoms with Crippen LogP contribution in [0.5, 0.6) is 0 Å². The maximum absolute atomic E-state index is 11.3. The van der Waals surface area contributed by atoms with Crippen molar-refractivity contribution in [2.45, 2.75) is 57.8 Å². The van der Waals surface area contributed by atoms with Crippen LogP contribution in [0.3, 0.4) is 0 Å². The second-order valence-corrected chi connectivity index (χ2v) is 7.35. The number of amides is 1. The Balaban J connectivity index is 2.20. The van der Waals surface area contributed by atoms with Crippen molar-refractivity contribution in [1.29, 1.82) is 0 Å². The second-order valence-electron chi connectivity index (χ2n) is 7.01. The lowest BCUT2D eigenvalue weighted by Crippen LogP contribution is -2.47. The predicted octanol–water partition coefficient (Wildman–Crippen LogP) is 4.08. The van der Waals surface area contributed by atoms with Gasteiger partial charge in [0.1, 0.15) is 5.65 Å². The standard InChI is InChI=1S/C19H27ClN4O4/c1-3-27-16(28-4-2)14-10-13-11-21-17(20)23-15(13)24(14)19(12-22-18(25)26)8-6-5-7-9-19/h10-11,16,22H,3-9,12H2,1-2H3,(H,25,26). The van der Waals surface area contributed by atoms with E-state index in [1.54, 1.807) is 6.20 Å². The fourth-order valence-electron chi connectivity index (χ4n) is 4.11. The van der Waals surface area contributed by atoms with Crippen LogP contribution in [0.1, 0.15) is 57.9 Å². The van der Waals surface area contributed by atoms with E-state index in [1.165, 1.54) is 0 Å². The second kappa shape index (κ2) is 9.07. The topological polar surface area (TPSA) is 98.5 Å². The van der Waals surface area contributed by atoms with Gasteiger partial charge in [-0.1, -0.05) is 19.3 Å². The molecule has 0 atom stereocenters. The molecule has 9 heteroatoms. The van der Waals surface area contributed by atoms with E-state index in [0.29, 0.717) is 18.9 Å². The summed E-state index contributed by atoms with van der Waals surface area (Å²) in [6, 6.07) is 1.96. The smallest absolute Gasteiger partial charge is 0.404 e. The van der Waals surface area contributed by atoms with Crippen LogP contribution in [-0.2, 0) is 15.0 Å². The molecule has 2 aromatic rings. The molecule has 1 aliphatic carbocycles. The predicted molar refractivity (Wildman–Crippen MR) is 106 cm³/mol. The number of ether oxygens (including phenoxy) is 2. The number of rotatable bonds is 8. The molecule has 2 N–H and O–H groups in total. The highest BCUT2D eigenvalue weighted by Crippen LogP contribution is 2.40. The van der Waals surface area contributed by atoms with E-state index in [2.05, 4.69) is 19.9 Å². The van der Waals surface area contributed by atoms with Crippen LogP contribution in [0, 0.1) is 0 Å². The van der Waals surface area contributed by atoms with Crippen LogP contribution in [-0.4, -0.2) is 45.5 Å². The first-order chi connectivity index (χ1) is 13.5. The van der Waals surface area contributed by atoms with Gasteiger partial charge >= 0.3 is 6.09 Å². The van der Waals surface area contributed by atoms with E-state index in [4.69, 9.17) is 21.1 Å². The molecule has 28 heavy (non-hydrogen) atoms. The summed E-state index contributed by atoms with van der Waals surface area (Å²) < 4.78 is 13.8. The summed E-state index contributed by atoms with van der Waals surface area (Å²) in [6.07, 6.45) is 4.86. The molecule has 0 aromatic carbocycles. The van der Waals surface area contributed by atoms with Crippen LogP contribution in [0.4, 0.5) is 4.79 Å². The Bertz CT molecular complexity index is 814. The number of hydrogen-bond acceptors (Lipinski definition) is 5. The fourth-order valence-corrected chi connectivity index (χ4v) is 4.24. The van der Waals surface area contributed by atoms with Crippen LogP contribution in [0.25, 0.3) is 11.0 Å². The molecule has 8 nitrogen and oxygen atoms in total. The first-order valence-electron chi connectivity index (χ1n) is 9.75. The number of nitrogens with one attached hydrogen (secondary N) is 1. The maximum Gasteiger partial charge on any atom is 0.404 e. The van der Waals surface area contributed by atoms with E-state index in [9.17, 15) is 9.90 Å². The van der Waals surface area contributed by atoms with Crippen LogP contribution < -0.4 is 5.32 Å². The maximum atomic E-state index is 11.3. The van der Waals surface area contributed by atoms with Gasteiger partial charge in [-0.05, 0) is 44.4 Å². The highest BCUT2D eigenvalue weighted by molar-refractivity contribution is 6.28. The van der Waals surface area contributed by atoms with Gasteiger partial charge in [0.25, 0.3) is 0 Å². The Labute approximate surface area is 169 Å². The van der Waals surface area contributed by atoms with Crippen molar-refractivity contribution in [1.82, 2.24) is 19.9 Å². The van der Waals surface area contributed by atoms with E-state index >= 15 is 0 Å². The van der Waals surface area contributed by atoms with E-state index in [-0.39, 0.29) is 11.8 Å². The Kier molecular flexibility index (Phi) is 6.74. The van der Waals surface area contributed by atoms with Gasteiger partial charge in [-0.2, -0.15) is 4.98 Å². The summed E-state index contributed by atoms with van der Waals surface area (Å²) >= 11 is 6.11. The van der Waals surface area contributed by atoms with Crippen molar-refractivity contribution >= 4 is 28.7 Å². The van der Waals surface area contributed by atoms with Crippen molar-refractivity contribution in [2.75, 3.05) is 19.8 Å². The third-order valence-electron chi connectivity index (χ3n) is 5.24. The number of aromatic nitrogens is 3. The normalized spacial score (nSPS) is 16.6. The van der Waals surface area contributed by atoms with Gasteiger partial charge in [0.15, 0.2) is 6.29 Å². The molecule has 1 amide bonds. The van der Waals surface area contributed by atoms with E-state index in [0.717, 1.165) is 43.2 Å². The number of fused-ring (bicyclic) bond motifs is 1. The molecule has 3 rings (SSSR count). The van der Waals surface area contributed by atoms with Gasteiger partial charge < -0.3 is 24.5 Å². The fraction of sp³-hybridized carbons (Fsp3) is 0.632. The average Bonchev–Trinajstić information content (AvgIpc) is 3.06. The third kappa shape index (κ3) is 4.24. The number of halogens is 1. The molecule has 0 bridgehead atoms. The SMILES string of the molecule is CCOC(OCC)c1cc2cnc(Cl)nc2n1C1(CNC(=O)O)CCCCC1. The van der Waals surface area contributed by atoms with Crippen molar-refractivity contribution in [3.63, 3.8) is 0 Å². The molecule has 2 aromatic heterocycles. The van der Waals surface area contributed by atoms with Gasteiger partial charge in [0.05, 0.1) is 11.2 Å². The molecule has 0 saturated heterocycles. The molecular weight excluding hydrogens is 384 g/mol. The van der Waals surface area contributed by atoms with Crippen molar-refractivity contribution in [2.24, 2.45) is 0 Å². The molecule has 1 aliphatic rings. The van der Waals surface area contributed by atoms with Crippen LogP contribution >= 0.6 is 11.6 Å². The number of carboxylic acid groups (broad SMARTS) is 1. The van der Waals surface area contributed by atoms with Crippen LogP contribution in [0.2, 0.25) is 5.28 Å². The summed E-state index contributed by atoms with van der Waals surface area (Å²) in [5, 5.41) is 12.8. The van der Waals surface area contributed by atoms with E-state index < -0.39 is 17.9 Å². The molecule has 0 unspecified atom stereocenters. The number of carbonyl (C=O) groups is 1. The number of hydrogen-bond donors (Lipinski definition) is 2. The Morgan fingerprint density at radius 3 is 2.61 bits per heavy atom. The highest BCUT2D eigenvalue weighted by Gasteiger charge is 2.39. The highest BCUT2D eigenvalue weighted by atomic mass is 35.5. The lowest BCUT2D eigenvalue weighted by Gasteiger charge is -2.41. The summed E-state index contributed by atoms with van der Waals surface area (Å²) in [5.41, 5.74) is 1.02. The minimum atomic E-state index is -1.04. The minimum Gasteiger partial charge on any atom is -0.465 e. The summed E-state index contributed by atoms with van der Waals surface area (Å²) in [5.74, 6) is 0. The largest absolute Gasteiger partial charge is 0.465 e. The lowest BCUT2D eigenvalue weighted by atomic mass is 9.81. The monoisotopic (exact) mass is 410 g/mol. The quantitative estimate of drug-likeness (QED) is 0.502.